The monoisotopic (exact) mass is 306 g/mol. The molecule has 0 radical (unpaired) electrons. The third-order valence-electron chi connectivity index (χ3n) is 3.71. The van der Waals surface area contributed by atoms with Gasteiger partial charge in [-0.2, -0.15) is 0 Å². The second-order valence-corrected chi connectivity index (χ2v) is 5.25. The first kappa shape index (κ1) is 14.8. The van der Waals surface area contributed by atoms with E-state index in [2.05, 4.69) is 4.98 Å². The fraction of sp³-hybridized carbons (Fsp3) is 0.111. The Bertz CT molecular complexity index is 790. The Morgan fingerprint density at radius 1 is 1.04 bits per heavy atom. The number of rotatable bonds is 4. The van der Waals surface area contributed by atoms with Crippen molar-refractivity contribution in [3.63, 3.8) is 0 Å². The van der Waals surface area contributed by atoms with Gasteiger partial charge >= 0.3 is 0 Å². The molecule has 0 saturated carbocycles. The maximum atomic E-state index is 12.4. The van der Waals surface area contributed by atoms with Gasteiger partial charge in [0.15, 0.2) is 5.78 Å². The lowest BCUT2D eigenvalue weighted by molar-refractivity contribution is -0.113. The normalized spacial score (nSPS) is 14.1. The zero-order valence-corrected chi connectivity index (χ0v) is 12.5. The minimum atomic E-state index is -0.368. The number of ketones is 1. The first-order chi connectivity index (χ1) is 11.1. The summed E-state index contributed by atoms with van der Waals surface area (Å²) in [7, 11) is 0. The van der Waals surface area contributed by atoms with Gasteiger partial charge in [0.2, 0.25) is 0 Å². The lowest BCUT2D eigenvalue weighted by Crippen LogP contribution is -2.32. The van der Waals surface area contributed by atoms with E-state index in [-0.39, 0.29) is 24.1 Å². The number of hydrogen-bond donors (Lipinski definition) is 0. The number of pyridine rings is 1. The molecule has 0 unspecified atom stereocenters. The van der Waals surface area contributed by atoms with E-state index in [0.29, 0.717) is 16.7 Å². The molecule has 5 nitrogen and oxygen atoms in total. The number of aromatic nitrogens is 1. The largest absolute Gasteiger partial charge is 0.295 e. The Morgan fingerprint density at radius 2 is 1.61 bits per heavy atom. The highest BCUT2D eigenvalue weighted by Gasteiger charge is 2.35. The topological polar surface area (TPSA) is 67.3 Å². The van der Waals surface area contributed by atoms with Crippen LogP contribution in [0.25, 0.3) is 6.08 Å². The predicted molar refractivity (Wildman–Crippen MR) is 84.7 cm³/mol. The molecule has 2 aromatic rings. The van der Waals surface area contributed by atoms with Crippen LogP contribution < -0.4 is 0 Å². The van der Waals surface area contributed by atoms with E-state index >= 15 is 0 Å². The first-order valence-corrected chi connectivity index (χ1v) is 7.14. The number of hydrogen-bond acceptors (Lipinski definition) is 4. The van der Waals surface area contributed by atoms with Gasteiger partial charge in [0.1, 0.15) is 0 Å². The number of imide groups is 1. The molecule has 0 atom stereocenters. The van der Waals surface area contributed by atoms with Crippen LogP contribution >= 0.6 is 0 Å². The molecule has 1 aromatic heterocycles. The second kappa shape index (κ2) is 5.96. The van der Waals surface area contributed by atoms with Crippen molar-refractivity contribution >= 4 is 23.7 Å². The highest BCUT2D eigenvalue weighted by Crippen LogP contribution is 2.23. The van der Waals surface area contributed by atoms with Crippen LogP contribution in [0.5, 0.6) is 0 Å². The zero-order valence-electron chi connectivity index (χ0n) is 12.5. The van der Waals surface area contributed by atoms with Crippen LogP contribution in [-0.2, 0) is 4.79 Å². The van der Waals surface area contributed by atoms with Gasteiger partial charge in [-0.1, -0.05) is 12.1 Å². The molecule has 23 heavy (non-hydrogen) atoms. The van der Waals surface area contributed by atoms with E-state index in [9.17, 15) is 14.4 Å². The maximum absolute atomic E-state index is 12.4. The molecule has 5 heteroatoms. The minimum Gasteiger partial charge on any atom is -0.295 e. The van der Waals surface area contributed by atoms with E-state index < -0.39 is 0 Å². The lowest BCUT2D eigenvalue weighted by atomic mass is 10.1. The van der Waals surface area contributed by atoms with Crippen LogP contribution in [0.4, 0.5) is 0 Å². The Labute approximate surface area is 133 Å². The number of Topliss-reactive ketones (excluding diaryl/α,β-unsaturated/α-hetero) is 1. The van der Waals surface area contributed by atoms with E-state index in [1.54, 1.807) is 54.9 Å². The molecule has 2 heterocycles. The van der Waals surface area contributed by atoms with Crippen molar-refractivity contribution < 1.29 is 14.4 Å². The standard InChI is InChI=1S/C18H14N2O3/c1-12(21)14(10-13-6-8-19-9-7-13)11-20-17(22)15-4-2-3-5-16(15)18(20)23/h2-10H,11H2,1H3/b14-10+. The smallest absolute Gasteiger partial charge is 0.261 e. The second-order valence-electron chi connectivity index (χ2n) is 5.25. The van der Waals surface area contributed by atoms with Crippen molar-refractivity contribution in [2.75, 3.05) is 6.54 Å². The van der Waals surface area contributed by atoms with Crippen LogP contribution in [0.15, 0.2) is 54.4 Å². The maximum Gasteiger partial charge on any atom is 0.261 e. The molecule has 2 amide bonds. The van der Waals surface area contributed by atoms with Gasteiger partial charge < -0.3 is 0 Å². The Balaban J connectivity index is 1.91. The molecule has 1 aromatic carbocycles. The summed E-state index contributed by atoms with van der Waals surface area (Å²) in [6.07, 6.45) is 4.91. The van der Waals surface area contributed by atoms with Gasteiger partial charge in [0, 0.05) is 18.0 Å². The summed E-state index contributed by atoms with van der Waals surface area (Å²) in [6, 6.07) is 10.2. The molecule has 3 rings (SSSR count). The fourth-order valence-electron chi connectivity index (χ4n) is 2.47. The minimum absolute atomic E-state index is 0.0377. The van der Waals surface area contributed by atoms with Crippen LogP contribution in [0.1, 0.15) is 33.2 Å². The average Bonchev–Trinajstić information content (AvgIpc) is 2.80. The van der Waals surface area contributed by atoms with Gasteiger partial charge in [-0.25, -0.2) is 0 Å². The number of amides is 2. The summed E-state index contributed by atoms with van der Waals surface area (Å²) in [4.78, 5) is 41.7. The third kappa shape index (κ3) is 2.81. The molecule has 0 bridgehead atoms. The van der Waals surface area contributed by atoms with Crippen molar-refractivity contribution in [2.24, 2.45) is 0 Å². The molecular formula is C18H14N2O3. The number of nitrogens with zero attached hydrogens (tertiary/aromatic N) is 2. The van der Waals surface area contributed by atoms with Gasteiger partial charge in [-0.3, -0.25) is 24.3 Å². The predicted octanol–water partition coefficient (Wildman–Crippen LogP) is 2.35. The number of benzene rings is 1. The number of carbonyl (C=O) groups is 3. The van der Waals surface area contributed by atoms with Gasteiger partial charge in [-0.15, -0.1) is 0 Å². The van der Waals surface area contributed by atoms with E-state index in [4.69, 9.17) is 0 Å². The van der Waals surface area contributed by atoms with Crippen LogP contribution in [-0.4, -0.2) is 34.0 Å². The molecular weight excluding hydrogens is 292 g/mol. The van der Waals surface area contributed by atoms with Crippen molar-refractivity contribution in [1.29, 1.82) is 0 Å². The van der Waals surface area contributed by atoms with Gasteiger partial charge in [0.05, 0.1) is 17.7 Å². The van der Waals surface area contributed by atoms with Gasteiger partial charge in [0.25, 0.3) is 11.8 Å². The summed E-state index contributed by atoms with van der Waals surface area (Å²) >= 11 is 0. The summed E-state index contributed by atoms with van der Waals surface area (Å²) in [6.45, 7) is 1.38. The Morgan fingerprint density at radius 3 is 2.13 bits per heavy atom. The van der Waals surface area contributed by atoms with Crippen LogP contribution in [0.3, 0.4) is 0 Å². The van der Waals surface area contributed by atoms with Crippen molar-refractivity contribution in [1.82, 2.24) is 9.88 Å². The van der Waals surface area contributed by atoms with E-state index in [1.807, 2.05) is 0 Å². The SMILES string of the molecule is CC(=O)/C(=C/c1ccncc1)CN1C(=O)c2ccccc2C1=O. The van der Waals surface area contributed by atoms with Crippen molar-refractivity contribution in [2.45, 2.75) is 6.92 Å². The number of carbonyl (C=O) groups excluding carboxylic acids is 3. The molecule has 0 saturated heterocycles. The lowest BCUT2D eigenvalue weighted by Gasteiger charge is -2.15. The zero-order chi connectivity index (χ0) is 16.4. The molecule has 0 aliphatic carbocycles. The quantitative estimate of drug-likeness (QED) is 0.642. The fourth-order valence-corrected chi connectivity index (χ4v) is 2.47. The Kier molecular flexibility index (Phi) is 3.85. The average molecular weight is 306 g/mol. The van der Waals surface area contributed by atoms with Gasteiger partial charge in [-0.05, 0) is 42.8 Å². The molecule has 1 aliphatic heterocycles. The summed E-state index contributed by atoms with van der Waals surface area (Å²) in [5, 5.41) is 0. The van der Waals surface area contributed by atoms with Crippen molar-refractivity contribution in [3.8, 4) is 0 Å². The molecule has 114 valence electrons. The number of fused-ring (bicyclic) bond motifs is 1. The highest BCUT2D eigenvalue weighted by atomic mass is 16.2. The summed E-state index contributed by atoms with van der Waals surface area (Å²) in [5.74, 6) is -0.918. The summed E-state index contributed by atoms with van der Waals surface area (Å²) < 4.78 is 0. The highest BCUT2D eigenvalue weighted by molar-refractivity contribution is 6.22. The molecule has 0 N–H and O–H groups in total. The molecule has 0 spiro atoms. The van der Waals surface area contributed by atoms with Crippen LogP contribution in [0, 0.1) is 0 Å². The molecule has 1 aliphatic rings. The summed E-state index contributed by atoms with van der Waals surface area (Å²) in [5.41, 5.74) is 1.95. The molecule has 0 fully saturated rings. The third-order valence-corrected chi connectivity index (χ3v) is 3.71. The Hall–Kier alpha value is -3.08. The first-order valence-electron chi connectivity index (χ1n) is 7.14. The van der Waals surface area contributed by atoms with E-state index in [1.165, 1.54) is 6.92 Å². The van der Waals surface area contributed by atoms with E-state index in [0.717, 1.165) is 10.5 Å². The van der Waals surface area contributed by atoms with Crippen LogP contribution in [0.2, 0.25) is 0 Å². The van der Waals surface area contributed by atoms with Crippen molar-refractivity contribution in [3.05, 3.63) is 71.1 Å².